The third-order valence-electron chi connectivity index (χ3n) is 6.72. The lowest BCUT2D eigenvalue weighted by atomic mass is 10.0. The van der Waals surface area contributed by atoms with E-state index in [1.807, 2.05) is 0 Å². The van der Waals surface area contributed by atoms with E-state index in [9.17, 15) is 39.6 Å². The molecule has 3 atom stereocenters. The van der Waals surface area contributed by atoms with Crippen molar-refractivity contribution in [2.24, 2.45) is 5.16 Å². The maximum atomic E-state index is 13.4. The average molecular weight is 752 g/mol. The van der Waals surface area contributed by atoms with E-state index >= 15 is 0 Å². The number of hydrogen-bond donors (Lipinski definition) is 8. The van der Waals surface area contributed by atoms with Gasteiger partial charge < -0.3 is 54.5 Å². The van der Waals surface area contributed by atoms with Crippen molar-refractivity contribution >= 4 is 75.3 Å². The second-order valence-electron chi connectivity index (χ2n) is 9.88. The van der Waals surface area contributed by atoms with Crippen LogP contribution in [0.1, 0.15) is 17.4 Å². The number of nitrogen functional groups attached to an aromatic ring is 3. The lowest BCUT2D eigenvalue weighted by molar-refractivity contribution is -0.682. The minimum absolute atomic E-state index is 0. The van der Waals surface area contributed by atoms with Crippen LogP contribution < -0.4 is 39.7 Å². The third kappa shape index (κ3) is 7.91. The van der Waals surface area contributed by atoms with Gasteiger partial charge in [-0.2, -0.15) is 0 Å². The highest BCUT2D eigenvalue weighted by Gasteiger charge is 2.54. The molecule has 0 radical (unpaired) electrons. The molecule has 11 N–H and O–H groups in total. The Morgan fingerprint density at radius 1 is 1.20 bits per heavy atom. The van der Waals surface area contributed by atoms with Crippen LogP contribution >= 0.6 is 34.9 Å². The van der Waals surface area contributed by atoms with Crippen LogP contribution in [-0.2, 0) is 24.0 Å². The number of fused-ring (bicyclic) bond motifs is 1. The van der Waals surface area contributed by atoms with Crippen LogP contribution in [0, 0.1) is 0 Å². The maximum absolute atomic E-state index is 13.4. The minimum atomic E-state index is -1.82. The number of rotatable bonds is 12. The number of nitrogens with zero attached hydrogens (tertiary/aromatic N) is 5. The van der Waals surface area contributed by atoms with E-state index in [0.717, 1.165) is 28.4 Å². The van der Waals surface area contributed by atoms with E-state index in [0.29, 0.717) is 16.5 Å². The molecule has 22 heteroatoms. The third-order valence-corrected chi connectivity index (χ3v) is 9.62. The molecule has 2 aliphatic heterocycles. The first-order chi connectivity index (χ1) is 22.8. The van der Waals surface area contributed by atoms with Crippen molar-refractivity contribution in [1.29, 1.82) is 0 Å². The first-order valence-corrected chi connectivity index (χ1v) is 16.4. The van der Waals surface area contributed by atoms with E-state index in [1.165, 1.54) is 45.7 Å². The van der Waals surface area contributed by atoms with E-state index in [-0.39, 0.29) is 46.1 Å². The topological polar surface area (TPSA) is 294 Å². The predicted octanol–water partition coefficient (Wildman–Crippen LogP) is -3.25. The van der Waals surface area contributed by atoms with Gasteiger partial charge in [-0.15, -0.1) is 27.8 Å². The molecule has 1 saturated heterocycles. The van der Waals surface area contributed by atoms with Crippen LogP contribution in [0.2, 0.25) is 0 Å². The number of aromatic nitrogens is 3. The molecule has 0 aliphatic carbocycles. The Kier molecular flexibility index (Phi) is 11.4. The van der Waals surface area contributed by atoms with Crippen LogP contribution in [-0.4, -0.2) is 87.7 Å². The fourth-order valence-electron chi connectivity index (χ4n) is 4.48. The van der Waals surface area contributed by atoms with Crippen LogP contribution in [0.25, 0.3) is 0 Å². The number of phenols is 2. The largest absolute Gasteiger partial charge is 1.00 e. The molecular weight excluding hydrogens is 726 g/mol. The molecular formula is C27H26ClN9O9S3. The number of halogens is 1. The number of carboxylic acid groups (broad SMARTS) is 2. The van der Waals surface area contributed by atoms with Gasteiger partial charge in [0.25, 0.3) is 11.8 Å². The Labute approximate surface area is 294 Å². The maximum Gasteiger partial charge on any atom is 0.384 e. The number of amides is 2. The number of aliphatic carboxylic acids is 2. The van der Waals surface area contributed by atoms with Crippen molar-refractivity contribution in [3.8, 4) is 11.5 Å². The molecule has 49 heavy (non-hydrogen) atoms. The number of β-lactam (4-membered cyclic amide) rings is 1. The summed E-state index contributed by atoms with van der Waals surface area (Å²) < 4.78 is 1.29. The molecule has 4 heterocycles. The van der Waals surface area contributed by atoms with Crippen LogP contribution in [0.4, 0.5) is 10.9 Å². The van der Waals surface area contributed by atoms with E-state index in [4.69, 9.17) is 22.1 Å². The number of carbonyl (C=O) groups excluding carboxylic acids is 2. The quantitative estimate of drug-likeness (QED) is 0.0132. The number of oxime groups is 1. The summed E-state index contributed by atoms with van der Waals surface area (Å²) in [7, 11) is 0. The highest BCUT2D eigenvalue weighted by atomic mass is 35.5. The normalized spacial score (nSPS) is 17.9. The molecule has 2 amide bonds. The fourth-order valence-corrected chi connectivity index (χ4v) is 7.07. The minimum Gasteiger partial charge on any atom is -1.00 e. The number of hydrogen-bond acceptors (Lipinski definition) is 16. The van der Waals surface area contributed by atoms with Gasteiger partial charge in [0.1, 0.15) is 29.0 Å². The lowest BCUT2D eigenvalue weighted by Crippen LogP contribution is -3.00. The number of benzene rings is 1. The number of nitrogens with two attached hydrogens (primary N) is 3. The highest BCUT2D eigenvalue weighted by molar-refractivity contribution is 8.00. The number of thioether (sulfide) groups is 2. The van der Waals surface area contributed by atoms with Gasteiger partial charge in [0.05, 0.1) is 0 Å². The second-order valence-corrected chi connectivity index (χ2v) is 12.9. The zero-order valence-corrected chi connectivity index (χ0v) is 27.9. The molecule has 0 unspecified atom stereocenters. The molecule has 2 aromatic heterocycles. The first kappa shape index (κ1) is 36.6. The number of aromatic hydroxyl groups is 2. The Hall–Kier alpha value is -5.25. The van der Waals surface area contributed by atoms with Gasteiger partial charge in [-0.3, -0.25) is 20.3 Å². The molecule has 5 rings (SSSR count). The molecule has 18 nitrogen and oxygen atoms in total. The highest BCUT2D eigenvalue weighted by Crippen LogP contribution is 2.41. The Bertz CT molecular complexity index is 1910. The molecule has 3 aromatic rings. The number of thiazole rings is 1. The average Bonchev–Trinajstić information content (AvgIpc) is 3.47. The van der Waals surface area contributed by atoms with Gasteiger partial charge in [0, 0.05) is 28.5 Å². The summed E-state index contributed by atoms with van der Waals surface area (Å²) in [5, 5.41) is 46.4. The van der Waals surface area contributed by atoms with Gasteiger partial charge >= 0.3 is 17.1 Å². The van der Waals surface area contributed by atoms with E-state index in [2.05, 4.69) is 20.4 Å². The van der Waals surface area contributed by atoms with E-state index in [1.54, 1.807) is 18.3 Å². The first-order valence-electron chi connectivity index (χ1n) is 13.5. The number of carbonyl (C=O) groups is 4. The van der Waals surface area contributed by atoms with Gasteiger partial charge in [0.2, 0.25) is 11.9 Å². The van der Waals surface area contributed by atoms with Crippen molar-refractivity contribution in [2.45, 2.75) is 22.7 Å². The van der Waals surface area contributed by atoms with Gasteiger partial charge in [-0.1, -0.05) is 23.4 Å². The summed E-state index contributed by atoms with van der Waals surface area (Å²) in [4.78, 5) is 65.3. The molecule has 0 saturated carbocycles. The van der Waals surface area contributed by atoms with Crippen LogP contribution in [0.3, 0.4) is 0 Å². The van der Waals surface area contributed by atoms with Crippen molar-refractivity contribution in [1.82, 2.24) is 20.2 Å². The number of carboxylic acids is 2. The summed E-state index contributed by atoms with van der Waals surface area (Å²) >= 11 is 3.44. The molecule has 0 bridgehead atoms. The van der Waals surface area contributed by atoms with Crippen LogP contribution in [0.15, 0.2) is 69.6 Å². The second kappa shape index (κ2) is 15.3. The van der Waals surface area contributed by atoms with Crippen molar-refractivity contribution in [2.75, 3.05) is 28.8 Å². The number of anilines is 2. The van der Waals surface area contributed by atoms with Gasteiger partial charge in [-0.25, -0.2) is 14.6 Å². The zero-order valence-electron chi connectivity index (χ0n) is 24.7. The zero-order chi connectivity index (χ0) is 34.7. The summed E-state index contributed by atoms with van der Waals surface area (Å²) in [6, 6.07) is 3.54. The summed E-state index contributed by atoms with van der Waals surface area (Å²) in [5.74, 6) is 1.03. The number of allylic oxidation sites excluding steroid dienone is 1. The summed E-state index contributed by atoms with van der Waals surface area (Å²) in [6.45, 7) is 0. The van der Waals surface area contributed by atoms with Gasteiger partial charge in [0.15, 0.2) is 22.3 Å². The Balaban J connectivity index is 0.00000541. The van der Waals surface area contributed by atoms with Crippen molar-refractivity contribution in [3.05, 3.63) is 70.5 Å². The molecule has 2 aliphatic rings. The SMILES string of the molecule is Nc1cc[n+](N)c(SC/C=C/C2=C(C(=O)O)N3C(=O)[C@@H](NC(=O)/C(=N\O[C@H](C(=O)O)c4ccc(O)c(O)c4)c4csc(N)n4)[C@H]3SC2)n1.[Cl-]. The van der Waals surface area contributed by atoms with Crippen molar-refractivity contribution in [3.63, 3.8) is 0 Å². The predicted molar refractivity (Wildman–Crippen MR) is 173 cm³/mol. The standard InChI is InChI=1S/C27H25N9O9S3.ClH/c28-16-5-6-35(30)27(32-16)46-7-1-2-12-9-47-23-18(22(40)36(23)19(12)24(41)42)33-21(39)17(13-10-48-26(29)31-13)34-45-20(25(43)44)11-3-4-14(37)15(38)8-11;/h1-6,8,10,18,20,23,28H,7,9,30H2,(H7,29,31,33,34,37,38,39,41,42,43,44);1H/b2-1+;/t18-,20+,23-;/m1./s1. The van der Waals surface area contributed by atoms with Gasteiger partial charge in [-0.05, 0) is 34.5 Å². The Morgan fingerprint density at radius 2 is 1.96 bits per heavy atom. The smallest absolute Gasteiger partial charge is 0.384 e. The Morgan fingerprint density at radius 3 is 2.61 bits per heavy atom. The molecule has 1 fully saturated rings. The number of nitrogens with one attached hydrogen (secondary N) is 1. The summed E-state index contributed by atoms with van der Waals surface area (Å²) in [5.41, 5.74) is 10.8. The monoisotopic (exact) mass is 751 g/mol. The lowest BCUT2D eigenvalue weighted by Gasteiger charge is -2.49. The van der Waals surface area contributed by atoms with E-state index < -0.39 is 58.5 Å². The molecule has 258 valence electrons. The molecule has 0 spiro atoms. The fraction of sp³-hybridized carbons (Fsp3) is 0.185. The summed E-state index contributed by atoms with van der Waals surface area (Å²) in [6.07, 6.45) is 3.02. The van der Waals surface area contributed by atoms with Crippen LogP contribution in [0.5, 0.6) is 11.5 Å². The van der Waals surface area contributed by atoms with Crippen molar-refractivity contribution < 1.29 is 61.5 Å². The number of phenolic OH excluding ortho intramolecular Hbond substituents is 2. The molecule has 1 aromatic carbocycles.